The fourth-order valence-corrected chi connectivity index (χ4v) is 1.94. The molecule has 0 aliphatic heterocycles. The molecule has 1 rings (SSSR count). The van der Waals surface area contributed by atoms with Crippen LogP contribution in [0.1, 0.15) is 18.4 Å². The average Bonchev–Trinajstić information content (AvgIpc) is 2.32. The highest BCUT2D eigenvalue weighted by Crippen LogP contribution is 2.28. The first-order valence-electron chi connectivity index (χ1n) is 5.32. The van der Waals surface area contributed by atoms with Crippen LogP contribution in [0.25, 0.3) is 0 Å². The van der Waals surface area contributed by atoms with Crippen molar-refractivity contribution in [1.82, 2.24) is 0 Å². The molecule has 0 saturated heterocycles. The average molecular weight is 297 g/mol. The van der Waals surface area contributed by atoms with Gasteiger partial charge in [-0.15, -0.1) is 6.58 Å². The monoisotopic (exact) mass is 296 g/mol. The lowest BCUT2D eigenvalue weighted by molar-refractivity contribution is 0.613. The van der Waals surface area contributed by atoms with Crippen LogP contribution in [0.4, 0.5) is 10.1 Å². The van der Waals surface area contributed by atoms with E-state index in [2.05, 4.69) is 22.5 Å². The number of unbranched alkanes of at least 4 members (excludes halogenated alkanes) is 1. The molecular weight excluding hydrogens is 283 g/mol. The van der Waals surface area contributed by atoms with Crippen LogP contribution < -0.4 is 4.90 Å². The molecule has 90 valence electrons. The lowest BCUT2D eigenvalue weighted by Crippen LogP contribution is -2.19. The van der Waals surface area contributed by atoms with Crippen molar-refractivity contribution in [3.8, 4) is 6.07 Å². The molecule has 2 nitrogen and oxygen atoms in total. The molecule has 0 bridgehead atoms. The summed E-state index contributed by atoms with van der Waals surface area (Å²) in [6.45, 7) is 4.40. The van der Waals surface area contributed by atoms with Gasteiger partial charge in [-0.3, -0.25) is 0 Å². The molecule has 0 aliphatic rings. The van der Waals surface area contributed by atoms with Gasteiger partial charge in [-0.2, -0.15) is 5.26 Å². The molecule has 0 radical (unpaired) electrons. The smallest absolute Gasteiger partial charge is 0.161 e. The Morgan fingerprint density at radius 1 is 1.59 bits per heavy atom. The normalized spacial score (nSPS) is 9.76. The maximum Gasteiger partial charge on any atom is 0.161 e. The minimum absolute atomic E-state index is 0.230. The summed E-state index contributed by atoms with van der Waals surface area (Å²) in [6, 6.07) is 5.18. The van der Waals surface area contributed by atoms with Crippen molar-refractivity contribution in [2.45, 2.75) is 12.8 Å². The standard InChI is InChI=1S/C13H14BrFN2/c1-3-4-5-8-17(2)11-7-6-10(9-16)12(14)13(11)15/h3,6-7H,1,4-5,8H2,2H3. The number of halogens is 2. The molecule has 0 spiro atoms. The number of nitrogens with zero attached hydrogens (tertiary/aromatic N) is 2. The van der Waals surface area contributed by atoms with Crippen molar-refractivity contribution in [2.24, 2.45) is 0 Å². The Kier molecular flexibility index (Phi) is 5.17. The van der Waals surface area contributed by atoms with E-state index < -0.39 is 0 Å². The van der Waals surface area contributed by atoms with Gasteiger partial charge in [-0.1, -0.05) is 6.08 Å². The second kappa shape index (κ2) is 6.41. The Morgan fingerprint density at radius 3 is 2.88 bits per heavy atom. The third-order valence-electron chi connectivity index (χ3n) is 2.50. The van der Waals surface area contributed by atoms with E-state index in [4.69, 9.17) is 5.26 Å². The van der Waals surface area contributed by atoms with E-state index in [9.17, 15) is 4.39 Å². The third kappa shape index (κ3) is 3.31. The van der Waals surface area contributed by atoms with Gasteiger partial charge in [0.25, 0.3) is 0 Å². The first-order chi connectivity index (χ1) is 8.11. The number of allylic oxidation sites excluding steroid dienone is 1. The highest BCUT2D eigenvalue weighted by Gasteiger charge is 2.13. The van der Waals surface area contributed by atoms with Gasteiger partial charge >= 0.3 is 0 Å². The zero-order valence-corrected chi connectivity index (χ0v) is 11.3. The Morgan fingerprint density at radius 2 is 2.29 bits per heavy atom. The fourth-order valence-electron chi connectivity index (χ4n) is 1.51. The number of rotatable bonds is 5. The summed E-state index contributed by atoms with van der Waals surface area (Å²) >= 11 is 3.10. The summed E-state index contributed by atoms with van der Waals surface area (Å²) < 4.78 is 14.2. The summed E-state index contributed by atoms with van der Waals surface area (Å²) in [7, 11) is 1.83. The summed E-state index contributed by atoms with van der Waals surface area (Å²) in [5.41, 5.74) is 0.811. The van der Waals surface area contributed by atoms with Crippen molar-refractivity contribution < 1.29 is 4.39 Å². The Balaban J connectivity index is 2.88. The van der Waals surface area contributed by atoms with Crippen LogP contribution in [0, 0.1) is 17.1 Å². The third-order valence-corrected chi connectivity index (χ3v) is 3.27. The van der Waals surface area contributed by atoms with Crippen LogP contribution in [-0.4, -0.2) is 13.6 Å². The van der Waals surface area contributed by atoms with Gasteiger partial charge in [0.2, 0.25) is 0 Å². The summed E-state index contributed by atoms with van der Waals surface area (Å²) in [5, 5.41) is 8.77. The molecule has 4 heteroatoms. The highest BCUT2D eigenvalue weighted by molar-refractivity contribution is 9.10. The van der Waals surface area contributed by atoms with E-state index >= 15 is 0 Å². The predicted molar refractivity (Wildman–Crippen MR) is 71.5 cm³/mol. The van der Waals surface area contributed by atoms with Crippen molar-refractivity contribution in [2.75, 3.05) is 18.5 Å². The summed E-state index contributed by atoms with van der Waals surface area (Å²) in [4.78, 5) is 1.84. The van der Waals surface area contributed by atoms with Crippen LogP contribution >= 0.6 is 15.9 Å². The molecule has 0 aliphatic carbocycles. The number of nitriles is 1. The maximum absolute atomic E-state index is 13.9. The highest BCUT2D eigenvalue weighted by atomic mass is 79.9. The predicted octanol–water partition coefficient (Wildman–Crippen LogP) is 3.86. The van der Waals surface area contributed by atoms with Gasteiger partial charge in [-0.25, -0.2) is 4.39 Å². The van der Waals surface area contributed by atoms with E-state index in [0.29, 0.717) is 11.3 Å². The van der Waals surface area contributed by atoms with Crippen LogP contribution in [-0.2, 0) is 0 Å². The topological polar surface area (TPSA) is 27.0 Å². The van der Waals surface area contributed by atoms with Gasteiger partial charge in [0, 0.05) is 13.6 Å². The molecular formula is C13H14BrFN2. The van der Waals surface area contributed by atoms with E-state index in [-0.39, 0.29) is 10.3 Å². The maximum atomic E-state index is 13.9. The first kappa shape index (κ1) is 13.7. The van der Waals surface area contributed by atoms with E-state index in [0.717, 1.165) is 19.4 Å². The van der Waals surface area contributed by atoms with Gasteiger partial charge in [0.15, 0.2) is 5.82 Å². The van der Waals surface area contributed by atoms with Crippen LogP contribution in [0.2, 0.25) is 0 Å². The second-order valence-electron chi connectivity index (χ2n) is 3.72. The molecule has 0 amide bonds. The number of hydrogen-bond acceptors (Lipinski definition) is 2. The molecule has 1 aromatic rings. The van der Waals surface area contributed by atoms with Crippen molar-refractivity contribution >= 4 is 21.6 Å². The quantitative estimate of drug-likeness (QED) is 0.609. The largest absolute Gasteiger partial charge is 0.372 e. The molecule has 0 saturated carbocycles. The minimum Gasteiger partial charge on any atom is -0.372 e. The number of benzene rings is 1. The van der Waals surface area contributed by atoms with Gasteiger partial charge in [0.1, 0.15) is 6.07 Å². The molecule has 0 unspecified atom stereocenters. The Labute approximate surface area is 109 Å². The van der Waals surface area contributed by atoms with E-state index in [1.807, 2.05) is 24.1 Å². The molecule has 0 N–H and O–H groups in total. The molecule has 0 fully saturated rings. The van der Waals surface area contributed by atoms with Crippen LogP contribution in [0.5, 0.6) is 0 Å². The fraction of sp³-hybridized carbons (Fsp3) is 0.308. The second-order valence-corrected chi connectivity index (χ2v) is 4.52. The van der Waals surface area contributed by atoms with Gasteiger partial charge < -0.3 is 4.90 Å². The lowest BCUT2D eigenvalue weighted by atomic mass is 10.2. The minimum atomic E-state index is -0.384. The lowest BCUT2D eigenvalue weighted by Gasteiger charge is -2.20. The zero-order valence-electron chi connectivity index (χ0n) is 9.71. The molecule has 0 atom stereocenters. The van der Waals surface area contributed by atoms with Crippen LogP contribution in [0.3, 0.4) is 0 Å². The number of hydrogen-bond donors (Lipinski definition) is 0. The molecule has 0 heterocycles. The zero-order chi connectivity index (χ0) is 12.8. The van der Waals surface area contributed by atoms with Gasteiger partial charge in [0.05, 0.1) is 15.7 Å². The molecule has 17 heavy (non-hydrogen) atoms. The van der Waals surface area contributed by atoms with E-state index in [1.54, 1.807) is 12.1 Å². The van der Waals surface area contributed by atoms with Crippen LogP contribution in [0.15, 0.2) is 29.3 Å². The first-order valence-corrected chi connectivity index (χ1v) is 6.11. The van der Waals surface area contributed by atoms with Crippen molar-refractivity contribution in [1.29, 1.82) is 5.26 Å². The summed E-state index contributed by atoms with van der Waals surface area (Å²) in [6.07, 6.45) is 3.68. The van der Waals surface area contributed by atoms with Crippen molar-refractivity contribution in [3.63, 3.8) is 0 Å². The molecule has 0 aromatic heterocycles. The summed E-state index contributed by atoms with van der Waals surface area (Å²) in [5.74, 6) is -0.384. The Hall–Kier alpha value is -1.34. The molecule has 1 aromatic carbocycles. The number of anilines is 1. The Bertz CT molecular complexity index is 451. The SMILES string of the molecule is C=CCCCN(C)c1ccc(C#N)c(Br)c1F. The van der Waals surface area contributed by atoms with E-state index in [1.165, 1.54) is 0 Å². The van der Waals surface area contributed by atoms with Gasteiger partial charge in [-0.05, 0) is 40.9 Å². The van der Waals surface area contributed by atoms with Crippen molar-refractivity contribution in [3.05, 3.63) is 40.6 Å².